The van der Waals surface area contributed by atoms with Gasteiger partial charge in [0.05, 0.1) is 23.7 Å². The third-order valence-corrected chi connectivity index (χ3v) is 6.55. The minimum atomic E-state index is -0.719. The molecule has 1 atom stereocenters. The van der Waals surface area contributed by atoms with Gasteiger partial charge < -0.3 is 20.3 Å². The fraction of sp³-hybridized carbons (Fsp3) is 0.440. The van der Waals surface area contributed by atoms with Crippen LogP contribution in [0, 0.1) is 30.3 Å². The molecule has 0 saturated carbocycles. The summed E-state index contributed by atoms with van der Waals surface area (Å²) in [6, 6.07) is 6.73. The van der Waals surface area contributed by atoms with E-state index in [1.54, 1.807) is 12.1 Å². The highest BCUT2D eigenvalue weighted by molar-refractivity contribution is 5.64. The first-order valence-electron chi connectivity index (χ1n) is 11.9. The molecule has 186 valence electrons. The fourth-order valence-electron chi connectivity index (χ4n) is 4.77. The van der Waals surface area contributed by atoms with Gasteiger partial charge in [-0.1, -0.05) is 0 Å². The first-order chi connectivity index (χ1) is 16.9. The summed E-state index contributed by atoms with van der Waals surface area (Å²) < 4.78 is 49.1. The maximum Gasteiger partial charge on any atom is 0.247 e. The van der Waals surface area contributed by atoms with Gasteiger partial charge in [0, 0.05) is 38.3 Å². The molecule has 2 aromatic carbocycles. The molecule has 1 aromatic heterocycles. The van der Waals surface area contributed by atoms with E-state index >= 15 is 4.39 Å². The molecule has 3 heterocycles. The van der Waals surface area contributed by atoms with Crippen LogP contribution in [0.15, 0.2) is 36.7 Å². The van der Waals surface area contributed by atoms with E-state index < -0.39 is 17.5 Å². The van der Waals surface area contributed by atoms with E-state index in [1.807, 2.05) is 6.92 Å². The average molecular weight is 487 g/mol. The number of nitrogens with one attached hydrogen (secondary N) is 2. The highest BCUT2D eigenvalue weighted by Gasteiger charge is 2.24. The lowest BCUT2D eigenvalue weighted by Gasteiger charge is -2.34. The van der Waals surface area contributed by atoms with Gasteiger partial charge in [0.2, 0.25) is 5.95 Å². The zero-order valence-electron chi connectivity index (χ0n) is 19.6. The van der Waals surface area contributed by atoms with E-state index in [0.29, 0.717) is 11.6 Å². The van der Waals surface area contributed by atoms with Gasteiger partial charge in [0.15, 0.2) is 5.82 Å². The molecule has 2 N–H and O–H groups in total. The van der Waals surface area contributed by atoms with Crippen LogP contribution in [-0.2, 0) is 4.74 Å². The number of hydrogen-bond acceptors (Lipinski definition) is 6. The third kappa shape index (κ3) is 5.76. The Morgan fingerprint density at radius 3 is 2.46 bits per heavy atom. The molecular formula is C25H29F3N6O. The quantitative estimate of drug-likeness (QED) is 0.507. The molecule has 0 aliphatic carbocycles. The Balaban J connectivity index is 1.23. The molecule has 3 aromatic rings. The maximum atomic E-state index is 15.4. The Morgan fingerprint density at radius 2 is 1.74 bits per heavy atom. The van der Waals surface area contributed by atoms with Crippen molar-refractivity contribution in [3.05, 3.63) is 59.7 Å². The predicted molar refractivity (Wildman–Crippen MR) is 128 cm³/mol. The van der Waals surface area contributed by atoms with Gasteiger partial charge in [-0.25, -0.2) is 17.9 Å². The molecule has 35 heavy (non-hydrogen) atoms. The third-order valence-electron chi connectivity index (χ3n) is 6.55. The fourth-order valence-corrected chi connectivity index (χ4v) is 4.77. The molecular weight excluding hydrogens is 457 g/mol. The molecule has 10 heteroatoms. The van der Waals surface area contributed by atoms with Crippen LogP contribution in [0.5, 0.6) is 0 Å². The molecule has 0 spiro atoms. The molecule has 2 saturated heterocycles. The first-order valence-corrected chi connectivity index (χ1v) is 11.9. The monoisotopic (exact) mass is 486 g/mol. The van der Waals surface area contributed by atoms with Crippen molar-refractivity contribution in [3.8, 4) is 5.69 Å². The van der Waals surface area contributed by atoms with Crippen LogP contribution in [0.3, 0.4) is 0 Å². The summed E-state index contributed by atoms with van der Waals surface area (Å²) in [5, 5.41) is 10.5. The Kier molecular flexibility index (Phi) is 6.92. The molecule has 0 amide bonds. The average Bonchev–Trinajstić information content (AvgIpc) is 3.50. The van der Waals surface area contributed by atoms with Gasteiger partial charge in [0.25, 0.3) is 0 Å². The Labute approximate surface area is 202 Å². The van der Waals surface area contributed by atoms with Crippen molar-refractivity contribution in [2.45, 2.75) is 32.2 Å². The zero-order chi connectivity index (χ0) is 24.4. The van der Waals surface area contributed by atoms with Crippen molar-refractivity contribution in [1.82, 2.24) is 19.7 Å². The number of rotatable bonds is 7. The SMILES string of the molecule is Cc1cc(Nc2ncn(-c3cc(F)cc(F)c3)n2)c(F)c(NC2CCN(CC3CCOC3)CC2)c1. The summed E-state index contributed by atoms with van der Waals surface area (Å²) >= 11 is 0. The largest absolute Gasteiger partial charge is 0.381 e. The van der Waals surface area contributed by atoms with Crippen LogP contribution >= 0.6 is 0 Å². The smallest absolute Gasteiger partial charge is 0.247 e. The number of nitrogens with zero attached hydrogens (tertiary/aromatic N) is 4. The second-order valence-electron chi connectivity index (χ2n) is 9.39. The van der Waals surface area contributed by atoms with Crippen LogP contribution in [0.1, 0.15) is 24.8 Å². The number of aromatic nitrogens is 3. The van der Waals surface area contributed by atoms with Crippen molar-refractivity contribution in [2.24, 2.45) is 5.92 Å². The van der Waals surface area contributed by atoms with E-state index in [2.05, 4.69) is 25.6 Å². The number of piperidine rings is 1. The van der Waals surface area contributed by atoms with Crippen LogP contribution in [0.25, 0.3) is 5.69 Å². The second kappa shape index (κ2) is 10.2. The summed E-state index contributed by atoms with van der Waals surface area (Å²) in [5.41, 5.74) is 1.72. The summed E-state index contributed by atoms with van der Waals surface area (Å²) in [4.78, 5) is 6.58. The minimum absolute atomic E-state index is 0.120. The molecule has 2 aliphatic heterocycles. The maximum absolute atomic E-state index is 15.4. The van der Waals surface area contributed by atoms with Crippen molar-refractivity contribution < 1.29 is 17.9 Å². The highest BCUT2D eigenvalue weighted by atomic mass is 19.1. The van der Waals surface area contributed by atoms with Gasteiger partial charge in [0.1, 0.15) is 18.0 Å². The van der Waals surface area contributed by atoms with E-state index in [4.69, 9.17) is 4.74 Å². The second-order valence-corrected chi connectivity index (χ2v) is 9.39. The molecule has 7 nitrogen and oxygen atoms in total. The minimum Gasteiger partial charge on any atom is -0.381 e. The van der Waals surface area contributed by atoms with E-state index in [1.165, 1.54) is 11.0 Å². The number of benzene rings is 2. The van der Waals surface area contributed by atoms with Gasteiger partial charge >= 0.3 is 0 Å². The number of hydrogen-bond donors (Lipinski definition) is 2. The van der Waals surface area contributed by atoms with Crippen LogP contribution in [0.2, 0.25) is 0 Å². The summed E-state index contributed by atoms with van der Waals surface area (Å²) in [7, 11) is 0. The van der Waals surface area contributed by atoms with Crippen LogP contribution < -0.4 is 10.6 Å². The first kappa shape index (κ1) is 23.6. The topological polar surface area (TPSA) is 67.2 Å². The number of halogens is 3. The van der Waals surface area contributed by atoms with Crippen molar-refractivity contribution in [2.75, 3.05) is 43.5 Å². The van der Waals surface area contributed by atoms with Crippen molar-refractivity contribution >= 4 is 17.3 Å². The number of aryl methyl sites for hydroxylation is 1. The number of ether oxygens (including phenoxy) is 1. The molecule has 0 radical (unpaired) electrons. The lowest BCUT2D eigenvalue weighted by molar-refractivity contribution is 0.154. The Bertz CT molecular complexity index is 1150. The van der Waals surface area contributed by atoms with Gasteiger partial charge in [-0.05, 0) is 61.9 Å². The molecule has 2 aliphatic rings. The molecule has 0 bridgehead atoms. The normalized spacial score (nSPS) is 19.3. The standard InChI is InChI=1S/C25H29F3N6O/c1-16-8-22(30-20-2-5-33(6-3-20)13-17-4-7-35-14-17)24(28)23(9-16)31-25-29-15-34(32-25)21-11-18(26)10-19(27)12-21/h8-12,15,17,20,30H,2-7,13-14H2,1H3,(H,31,32). The molecule has 2 fully saturated rings. The lowest BCUT2D eigenvalue weighted by Crippen LogP contribution is -2.41. The van der Waals surface area contributed by atoms with Gasteiger partial charge in [-0.15, -0.1) is 5.10 Å². The lowest BCUT2D eigenvalue weighted by atomic mass is 10.0. The summed E-state index contributed by atoms with van der Waals surface area (Å²) in [5.74, 6) is -1.12. The number of likely N-dealkylation sites (tertiary alicyclic amines) is 1. The van der Waals surface area contributed by atoms with Gasteiger partial charge in [-0.2, -0.15) is 4.98 Å². The van der Waals surface area contributed by atoms with E-state index in [9.17, 15) is 8.78 Å². The van der Waals surface area contributed by atoms with E-state index in [0.717, 1.165) is 75.9 Å². The zero-order valence-corrected chi connectivity index (χ0v) is 19.6. The van der Waals surface area contributed by atoms with E-state index in [-0.39, 0.29) is 23.4 Å². The number of anilines is 3. The van der Waals surface area contributed by atoms with Crippen molar-refractivity contribution in [1.29, 1.82) is 0 Å². The van der Waals surface area contributed by atoms with Crippen molar-refractivity contribution in [3.63, 3.8) is 0 Å². The van der Waals surface area contributed by atoms with Crippen LogP contribution in [0.4, 0.5) is 30.5 Å². The highest BCUT2D eigenvalue weighted by Crippen LogP contribution is 2.29. The summed E-state index contributed by atoms with van der Waals surface area (Å²) in [6.07, 6.45) is 4.34. The van der Waals surface area contributed by atoms with Crippen LogP contribution in [-0.4, -0.2) is 58.6 Å². The molecule has 1 unspecified atom stereocenters. The Morgan fingerprint density at radius 1 is 1.00 bits per heavy atom. The Hall–Kier alpha value is -3.11. The molecule has 5 rings (SSSR count). The van der Waals surface area contributed by atoms with Gasteiger partial charge in [-0.3, -0.25) is 0 Å². The summed E-state index contributed by atoms with van der Waals surface area (Å²) in [6.45, 7) is 6.65. The predicted octanol–water partition coefficient (Wildman–Crippen LogP) is 4.65.